The van der Waals surface area contributed by atoms with E-state index in [1.54, 1.807) is 0 Å². The molecule has 0 fully saturated rings. The Morgan fingerprint density at radius 2 is 1.38 bits per heavy atom. The topological polar surface area (TPSA) is 0 Å². The lowest BCUT2D eigenvalue weighted by atomic mass is 10.4. The van der Waals surface area contributed by atoms with Gasteiger partial charge in [-0.1, -0.05) is 37.1 Å². The summed E-state index contributed by atoms with van der Waals surface area (Å²) in [7, 11) is -1.15. The van der Waals surface area contributed by atoms with Crippen LogP contribution >= 0.6 is 0 Å². The maximum atomic E-state index is 4.03. The summed E-state index contributed by atoms with van der Waals surface area (Å²) in [5.41, 5.74) is 3.49. The van der Waals surface area contributed by atoms with Gasteiger partial charge in [0.2, 0.25) is 0 Å². The van der Waals surface area contributed by atoms with E-state index in [2.05, 4.69) is 47.4 Å². The van der Waals surface area contributed by atoms with Gasteiger partial charge in [-0.25, -0.2) is 0 Å². The van der Waals surface area contributed by atoms with Crippen LogP contribution in [0.3, 0.4) is 0 Å². The van der Waals surface area contributed by atoms with E-state index in [4.69, 9.17) is 0 Å². The van der Waals surface area contributed by atoms with Gasteiger partial charge in [0.05, 0.1) is 8.07 Å². The highest BCUT2D eigenvalue weighted by Crippen LogP contribution is 2.33. The fourth-order valence-corrected chi connectivity index (χ4v) is 5.55. The van der Waals surface area contributed by atoms with Crippen molar-refractivity contribution >= 4 is 8.07 Å². The van der Waals surface area contributed by atoms with E-state index in [1.165, 1.54) is 23.2 Å². The van der Waals surface area contributed by atoms with E-state index in [0.29, 0.717) is 0 Å². The molecule has 0 nitrogen and oxygen atoms in total. The smallest absolute Gasteiger partial charge is 0.0610 e. The summed E-state index contributed by atoms with van der Waals surface area (Å²) in [6.45, 7) is 19.5. The van der Waals surface area contributed by atoms with Crippen molar-refractivity contribution in [3.63, 3.8) is 0 Å². The molecule has 0 amide bonds. The molecular formula is C12H24Si. The van der Waals surface area contributed by atoms with Crippen LogP contribution in [0.15, 0.2) is 24.3 Å². The Labute approximate surface area is 84.8 Å². The lowest BCUT2D eigenvalue weighted by Crippen LogP contribution is -2.33. The summed E-state index contributed by atoms with van der Waals surface area (Å²) in [5.74, 6) is 0. The summed E-state index contributed by atoms with van der Waals surface area (Å²) in [4.78, 5) is 0. The Bertz CT molecular complexity index is 185. The molecule has 0 aliphatic heterocycles. The highest BCUT2D eigenvalue weighted by molar-refractivity contribution is 6.80. The predicted molar refractivity (Wildman–Crippen MR) is 66.0 cm³/mol. The fraction of sp³-hybridized carbons (Fsp3) is 0.667. The van der Waals surface area contributed by atoms with E-state index in [9.17, 15) is 0 Å². The summed E-state index contributed by atoms with van der Waals surface area (Å²) >= 11 is 0. The highest BCUT2D eigenvalue weighted by atomic mass is 28.3. The van der Waals surface area contributed by atoms with Crippen molar-refractivity contribution in [3.8, 4) is 0 Å². The first-order valence-electron chi connectivity index (χ1n) is 5.06. The molecule has 76 valence electrons. The van der Waals surface area contributed by atoms with E-state index in [0.717, 1.165) is 5.54 Å². The van der Waals surface area contributed by atoms with Gasteiger partial charge in [0.1, 0.15) is 0 Å². The van der Waals surface area contributed by atoms with Crippen molar-refractivity contribution in [2.24, 2.45) is 0 Å². The molecule has 13 heavy (non-hydrogen) atoms. The molecule has 0 aromatic carbocycles. The molecule has 0 atom stereocenters. The van der Waals surface area contributed by atoms with Crippen LogP contribution < -0.4 is 0 Å². The van der Waals surface area contributed by atoms with Gasteiger partial charge in [0.15, 0.2) is 0 Å². The largest absolute Gasteiger partial charge is 0.100 e. The normalized spacial score (nSPS) is 11.8. The van der Waals surface area contributed by atoms with Crippen molar-refractivity contribution in [1.82, 2.24) is 0 Å². The van der Waals surface area contributed by atoms with Gasteiger partial charge in [0, 0.05) is 0 Å². The first-order valence-corrected chi connectivity index (χ1v) is 8.06. The SMILES string of the molecule is C=C(C)C[Si](C)(CC(=C)C)C(C)C. The second-order valence-corrected chi connectivity index (χ2v) is 10.2. The molecule has 0 aromatic rings. The molecule has 0 rings (SSSR count). The molecule has 0 heterocycles. The molecular weight excluding hydrogens is 172 g/mol. The standard InChI is InChI=1S/C12H24Si/c1-10(2)8-13(7,12(5)6)9-11(3)4/h12H,1,3,8-9H2,2,4-7H3. The van der Waals surface area contributed by atoms with Crippen LogP contribution in [-0.2, 0) is 0 Å². The summed E-state index contributed by atoms with van der Waals surface area (Å²) in [6.07, 6.45) is 0. The maximum Gasteiger partial charge on any atom is 0.0610 e. The molecule has 0 N–H and O–H groups in total. The van der Waals surface area contributed by atoms with Crippen LogP contribution in [0, 0.1) is 0 Å². The fourth-order valence-electron chi connectivity index (χ4n) is 1.85. The van der Waals surface area contributed by atoms with Gasteiger partial charge in [0.25, 0.3) is 0 Å². The third kappa shape index (κ3) is 4.46. The minimum absolute atomic E-state index is 0.820. The summed E-state index contributed by atoms with van der Waals surface area (Å²) in [6, 6.07) is 2.50. The Morgan fingerprint density at radius 1 is 1.08 bits per heavy atom. The van der Waals surface area contributed by atoms with Gasteiger partial charge >= 0.3 is 0 Å². The second kappa shape index (κ2) is 4.80. The van der Waals surface area contributed by atoms with Crippen molar-refractivity contribution in [3.05, 3.63) is 24.3 Å². The minimum atomic E-state index is -1.15. The van der Waals surface area contributed by atoms with E-state index in [1.807, 2.05) is 0 Å². The Morgan fingerprint density at radius 3 is 1.54 bits per heavy atom. The third-order valence-electron chi connectivity index (χ3n) is 2.81. The van der Waals surface area contributed by atoms with Gasteiger partial charge in [-0.05, 0) is 25.9 Å². The molecule has 0 spiro atoms. The van der Waals surface area contributed by atoms with Gasteiger partial charge in [-0.2, -0.15) is 0 Å². The van der Waals surface area contributed by atoms with Crippen LogP contribution in [0.4, 0.5) is 0 Å². The Balaban J connectivity index is 4.52. The number of hydrogen-bond acceptors (Lipinski definition) is 0. The average Bonchev–Trinajstić information content (AvgIpc) is 1.82. The minimum Gasteiger partial charge on any atom is -0.100 e. The third-order valence-corrected chi connectivity index (χ3v) is 8.42. The molecule has 1 heteroatoms. The van der Waals surface area contributed by atoms with E-state index < -0.39 is 8.07 Å². The van der Waals surface area contributed by atoms with E-state index >= 15 is 0 Å². The zero-order valence-electron chi connectivity index (χ0n) is 9.91. The summed E-state index contributed by atoms with van der Waals surface area (Å²) in [5, 5.41) is 0. The quantitative estimate of drug-likeness (QED) is 0.444. The van der Waals surface area contributed by atoms with Crippen LogP contribution in [-0.4, -0.2) is 8.07 Å². The summed E-state index contributed by atoms with van der Waals surface area (Å²) < 4.78 is 0. The highest BCUT2D eigenvalue weighted by Gasteiger charge is 2.30. The molecule has 0 saturated carbocycles. The van der Waals surface area contributed by atoms with Crippen molar-refractivity contribution in [2.75, 3.05) is 0 Å². The van der Waals surface area contributed by atoms with Crippen LogP contribution in [0.5, 0.6) is 0 Å². The molecule has 0 aliphatic carbocycles. The monoisotopic (exact) mass is 196 g/mol. The zero-order valence-corrected chi connectivity index (χ0v) is 10.9. The molecule has 0 unspecified atom stereocenters. The lowest BCUT2D eigenvalue weighted by molar-refractivity contribution is 0.974. The average molecular weight is 196 g/mol. The number of rotatable bonds is 5. The first-order chi connectivity index (χ1) is 5.78. The number of allylic oxidation sites excluding steroid dienone is 2. The Hall–Kier alpha value is -0.303. The van der Waals surface area contributed by atoms with Crippen molar-refractivity contribution in [1.29, 1.82) is 0 Å². The van der Waals surface area contributed by atoms with Gasteiger partial charge in [-0.15, -0.1) is 13.2 Å². The van der Waals surface area contributed by atoms with E-state index in [-0.39, 0.29) is 0 Å². The molecule has 0 aliphatic rings. The molecule has 0 radical (unpaired) electrons. The zero-order chi connectivity index (χ0) is 10.6. The van der Waals surface area contributed by atoms with Crippen molar-refractivity contribution < 1.29 is 0 Å². The predicted octanol–water partition coefficient (Wildman–Crippen LogP) is 4.63. The van der Waals surface area contributed by atoms with Crippen LogP contribution in [0.2, 0.25) is 24.2 Å². The molecule has 0 saturated heterocycles. The van der Waals surface area contributed by atoms with Crippen molar-refractivity contribution in [2.45, 2.75) is 51.9 Å². The maximum absolute atomic E-state index is 4.03. The second-order valence-electron chi connectivity index (χ2n) is 5.08. The Kier molecular flexibility index (Phi) is 4.69. The van der Waals surface area contributed by atoms with Gasteiger partial charge in [-0.3, -0.25) is 0 Å². The van der Waals surface area contributed by atoms with Crippen LogP contribution in [0.1, 0.15) is 27.7 Å². The van der Waals surface area contributed by atoms with Crippen LogP contribution in [0.25, 0.3) is 0 Å². The first kappa shape index (κ1) is 12.7. The number of hydrogen-bond donors (Lipinski definition) is 0. The molecule has 0 aromatic heterocycles. The van der Waals surface area contributed by atoms with Gasteiger partial charge < -0.3 is 0 Å². The lowest BCUT2D eigenvalue weighted by Gasteiger charge is -2.32. The molecule has 0 bridgehead atoms.